The second-order valence-corrected chi connectivity index (χ2v) is 6.85. The number of anilines is 2. The number of hydrogen-bond donors (Lipinski definition) is 1. The van der Waals surface area contributed by atoms with Gasteiger partial charge in [0.25, 0.3) is 11.6 Å². The second-order valence-electron chi connectivity index (χ2n) is 6.85. The molecule has 4 rings (SSSR count). The zero-order valence-corrected chi connectivity index (χ0v) is 15.7. The summed E-state index contributed by atoms with van der Waals surface area (Å²) in [5, 5.41) is 18.2. The zero-order valence-electron chi connectivity index (χ0n) is 15.7. The van der Waals surface area contributed by atoms with E-state index >= 15 is 0 Å². The highest BCUT2D eigenvalue weighted by molar-refractivity contribution is 6.05. The number of nitro groups is 1. The molecule has 148 valence electrons. The molecule has 2 aromatic carbocycles. The Morgan fingerprint density at radius 3 is 2.48 bits per heavy atom. The van der Waals surface area contributed by atoms with Crippen LogP contribution in [0.4, 0.5) is 17.1 Å². The fraction of sp³-hybridized carbons (Fsp3) is 0.250. The van der Waals surface area contributed by atoms with Gasteiger partial charge in [0, 0.05) is 36.1 Å². The Hall–Kier alpha value is -3.75. The molecule has 1 saturated heterocycles. The molecule has 29 heavy (non-hydrogen) atoms. The van der Waals surface area contributed by atoms with Crippen LogP contribution in [-0.4, -0.2) is 38.7 Å². The van der Waals surface area contributed by atoms with E-state index in [1.54, 1.807) is 0 Å². The highest BCUT2D eigenvalue weighted by Crippen LogP contribution is 2.25. The summed E-state index contributed by atoms with van der Waals surface area (Å²) >= 11 is 0. The van der Waals surface area contributed by atoms with Crippen LogP contribution in [0.2, 0.25) is 0 Å². The van der Waals surface area contributed by atoms with E-state index in [0.717, 1.165) is 18.8 Å². The lowest BCUT2D eigenvalue weighted by atomic mass is 10.1. The van der Waals surface area contributed by atoms with Gasteiger partial charge in [-0.3, -0.25) is 14.9 Å². The van der Waals surface area contributed by atoms with Crippen molar-refractivity contribution in [2.75, 3.05) is 23.3 Å². The molecule has 1 amide bonds. The predicted molar refractivity (Wildman–Crippen MR) is 108 cm³/mol. The number of rotatable bonds is 5. The molecular formula is C20H20N6O3. The number of piperidine rings is 1. The fourth-order valence-electron chi connectivity index (χ4n) is 3.45. The summed E-state index contributed by atoms with van der Waals surface area (Å²) < 4.78 is 1.29. The van der Waals surface area contributed by atoms with Crippen molar-refractivity contribution in [2.24, 2.45) is 0 Å². The average molecular weight is 392 g/mol. The molecule has 1 fully saturated rings. The number of hydrogen-bond acceptors (Lipinski definition) is 6. The molecule has 0 spiro atoms. The Balaban J connectivity index is 1.51. The highest BCUT2D eigenvalue weighted by Gasteiger charge is 2.19. The Labute approximate surface area is 167 Å². The number of carbonyl (C=O) groups excluding carboxylic acids is 1. The van der Waals surface area contributed by atoms with Gasteiger partial charge in [-0.1, -0.05) is 0 Å². The number of nitrogens with one attached hydrogen (secondary N) is 1. The van der Waals surface area contributed by atoms with E-state index in [1.807, 2.05) is 24.3 Å². The summed E-state index contributed by atoms with van der Waals surface area (Å²) in [5.74, 6) is -0.413. The second kappa shape index (κ2) is 8.09. The number of benzene rings is 2. The number of nitro benzene ring substituents is 1. The first kappa shape index (κ1) is 18.6. The normalized spacial score (nSPS) is 13.9. The van der Waals surface area contributed by atoms with Gasteiger partial charge in [-0.25, -0.2) is 9.67 Å². The van der Waals surface area contributed by atoms with E-state index < -0.39 is 10.8 Å². The Bertz CT molecular complexity index is 1010. The molecule has 9 heteroatoms. The lowest BCUT2D eigenvalue weighted by Crippen LogP contribution is -2.29. The van der Waals surface area contributed by atoms with E-state index in [4.69, 9.17) is 0 Å². The molecular weight excluding hydrogens is 372 g/mol. The van der Waals surface area contributed by atoms with Crippen molar-refractivity contribution in [3.63, 3.8) is 0 Å². The first-order chi connectivity index (χ1) is 14.1. The minimum absolute atomic E-state index is 0.195. The molecule has 0 radical (unpaired) electrons. The van der Waals surface area contributed by atoms with Crippen LogP contribution in [0.25, 0.3) is 5.69 Å². The quantitative estimate of drug-likeness (QED) is 0.527. The molecule has 3 aromatic rings. The van der Waals surface area contributed by atoms with Gasteiger partial charge in [-0.15, -0.1) is 0 Å². The number of aromatic nitrogens is 3. The SMILES string of the molecule is O=C(Nc1ccc(N2CCCCC2)cc1)c1ccc(-n2cncn2)c([N+](=O)[O-])c1. The van der Waals surface area contributed by atoms with Crippen molar-refractivity contribution in [3.8, 4) is 5.69 Å². The lowest BCUT2D eigenvalue weighted by molar-refractivity contribution is -0.384. The van der Waals surface area contributed by atoms with Gasteiger partial charge in [-0.2, -0.15) is 5.10 Å². The maximum Gasteiger partial charge on any atom is 0.295 e. The van der Waals surface area contributed by atoms with E-state index in [-0.39, 0.29) is 16.9 Å². The van der Waals surface area contributed by atoms with Gasteiger partial charge in [0.2, 0.25) is 0 Å². The largest absolute Gasteiger partial charge is 0.372 e. The van der Waals surface area contributed by atoms with Gasteiger partial charge < -0.3 is 10.2 Å². The molecule has 1 aliphatic rings. The molecule has 1 N–H and O–H groups in total. The van der Waals surface area contributed by atoms with Crippen LogP contribution in [0.15, 0.2) is 55.1 Å². The van der Waals surface area contributed by atoms with Gasteiger partial charge in [-0.05, 0) is 55.7 Å². The summed E-state index contributed by atoms with van der Waals surface area (Å²) in [5.41, 5.74) is 1.99. The number of carbonyl (C=O) groups is 1. The molecule has 0 aliphatic carbocycles. The minimum atomic E-state index is -0.540. The van der Waals surface area contributed by atoms with Crippen molar-refractivity contribution in [2.45, 2.75) is 19.3 Å². The van der Waals surface area contributed by atoms with E-state index in [0.29, 0.717) is 5.69 Å². The van der Waals surface area contributed by atoms with E-state index in [2.05, 4.69) is 20.3 Å². The zero-order chi connectivity index (χ0) is 20.2. The van der Waals surface area contributed by atoms with Crippen LogP contribution in [0.5, 0.6) is 0 Å². The summed E-state index contributed by atoms with van der Waals surface area (Å²) in [4.78, 5) is 29.6. The minimum Gasteiger partial charge on any atom is -0.372 e. The molecule has 2 heterocycles. The van der Waals surface area contributed by atoms with Crippen LogP contribution in [0, 0.1) is 10.1 Å². The molecule has 0 saturated carbocycles. The Morgan fingerprint density at radius 1 is 1.07 bits per heavy atom. The fourth-order valence-corrected chi connectivity index (χ4v) is 3.45. The van der Waals surface area contributed by atoms with Crippen molar-refractivity contribution in [1.29, 1.82) is 0 Å². The standard InChI is InChI=1S/C20H20N6O3/c27-20(23-16-5-7-17(8-6-16)24-10-2-1-3-11-24)15-4-9-18(19(12-15)26(28)29)25-14-21-13-22-25/h4-9,12-14H,1-3,10-11H2,(H,23,27). The van der Waals surface area contributed by atoms with Gasteiger partial charge >= 0.3 is 0 Å². The highest BCUT2D eigenvalue weighted by atomic mass is 16.6. The summed E-state index contributed by atoms with van der Waals surface area (Å²) in [6, 6.07) is 11.9. The molecule has 0 bridgehead atoms. The third-order valence-corrected chi connectivity index (χ3v) is 4.95. The van der Waals surface area contributed by atoms with Gasteiger partial charge in [0.15, 0.2) is 0 Å². The van der Waals surface area contributed by atoms with Crippen molar-refractivity contribution >= 4 is 23.0 Å². The van der Waals surface area contributed by atoms with Crippen molar-refractivity contribution in [3.05, 3.63) is 70.8 Å². The topological polar surface area (TPSA) is 106 Å². The first-order valence-corrected chi connectivity index (χ1v) is 9.41. The third-order valence-electron chi connectivity index (χ3n) is 4.95. The van der Waals surface area contributed by atoms with Crippen LogP contribution in [0.1, 0.15) is 29.6 Å². The van der Waals surface area contributed by atoms with Crippen molar-refractivity contribution < 1.29 is 9.72 Å². The maximum atomic E-state index is 12.6. The van der Waals surface area contributed by atoms with E-state index in [1.165, 1.54) is 54.8 Å². The summed E-state index contributed by atoms with van der Waals surface area (Å²) in [7, 11) is 0. The van der Waals surface area contributed by atoms with Gasteiger partial charge in [0.05, 0.1) is 4.92 Å². The molecule has 1 aromatic heterocycles. The van der Waals surface area contributed by atoms with E-state index in [9.17, 15) is 14.9 Å². The number of nitrogens with zero attached hydrogens (tertiary/aromatic N) is 5. The maximum absolute atomic E-state index is 12.6. The average Bonchev–Trinajstić information content (AvgIpc) is 3.29. The molecule has 9 nitrogen and oxygen atoms in total. The Morgan fingerprint density at radius 2 is 1.83 bits per heavy atom. The lowest BCUT2D eigenvalue weighted by Gasteiger charge is -2.28. The Kier molecular flexibility index (Phi) is 5.19. The van der Waals surface area contributed by atoms with Crippen LogP contribution in [0.3, 0.4) is 0 Å². The molecule has 0 unspecified atom stereocenters. The van der Waals surface area contributed by atoms with Crippen LogP contribution < -0.4 is 10.2 Å². The first-order valence-electron chi connectivity index (χ1n) is 9.41. The number of amides is 1. The molecule has 1 aliphatic heterocycles. The predicted octanol–water partition coefficient (Wildman–Crippen LogP) is 3.42. The van der Waals surface area contributed by atoms with Crippen molar-refractivity contribution in [1.82, 2.24) is 14.8 Å². The third kappa shape index (κ3) is 4.08. The van der Waals surface area contributed by atoms with Gasteiger partial charge in [0.1, 0.15) is 18.3 Å². The smallest absolute Gasteiger partial charge is 0.295 e. The molecule has 0 atom stereocenters. The van der Waals surface area contributed by atoms with Crippen LogP contribution in [-0.2, 0) is 0 Å². The van der Waals surface area contributed by atoms with Crippen LogP contribution >= 0.6 is 0 Å². The monoisotopic (exact) mass is 392 g/mol. The summed E-state index contributed by atoms with van der Waals surface area (Å²) in [6.45, 7) is 2.10. The summed E-state index contributed by atoms with van der Waals surface area (Å²) in [6.07, 6.45) is 6.32.